The lowest BCUT2D eigenvalue weighted by Crippen LogP contribution is -2.32. The van der Waals surface area contributed by atoms with E-state index in [1.807, 2.05) is 33.7 Å². The molecule has 2 aliphatic rings. The van der Waals surface area contributed by atoms with Crippen LogP contribution in [0.15, 0.2) is 30.7 Å². The van der Waals surface area contributed by atoms with E-state index in [0.717, 1.165) is 54.1 Å². The van der Waals surface area contributed by atoms with Gasteiger partial charge in [-0.3, -0.25) is 9.20 Å². The van der Waals surface area contributed by atoms with Crippen molar-refractivity contribution in [2.75, 3.05) is 6.54 Å². The molecule has 5 heterocycles. The highest BCUT2D eigenvalue weighted by Gasteiger charge is 2.38. The molecule has 1 aliphatic heterocycles. The zero-order chi connectivity index (χ0) is 19.4. The average molecular weight is 406 g/mol. The Morgan fingerprint density at radius 3 is 3.03 bits per heavy atom. The molecule has 0 bridgehead atoms. The molecule has 0 saturated carbocycles. The number of fused-ring (bicyclic) bond motifs is 2. The van der Waals surface area contributed by atoms with Crippen LogP contribution in [-0.4, -0.2) is 52.2 Å². The van der Waals surface area contributed by atoms with E-state index in [0.29, 0.717) is 6.54 Å². The molecule has 1 saturated heterocycles. The van der Waals surface area contributed by atoms with Gasteiger partial charge in [0.15, 0.2) is 11.5 Å². The standard InChI is InChI=1S/C19H18N8OS/c28-18(16-12-5-3-7-14(12)29-19(16)27-11-20-23-24-27)25-10-4-6-13(25)17-22-21-15-8-1-2-9-26(15)17/h1-2,8-9,11,13H,3-7,10H2. The molecule has 0 N–H and O–H groups in total. The Morgan fingerprint density at radius 1 is 1.17 bits per heavy atom. The maximum atomic E-state index is 13.8. The SMILES string of the molecule is O=C(c1c(-n2cnnn2)sc2c1CCC2)N1CCCC1c1nnc2ccccn12. The summed E-state index contributed by atoms with van der Waals surface area (Å²) in [5.74, 6) is 0.868. The number of carbonyl (C=O) groups excluding carboxylic acids is 1. The third-order valence-electron chi connectivity index (χ3n) is 5.83. The van der Waals surface area contributed by atoms with Crippen molar-refractivity contribution in [1.82, 2.24) is 39.7 Å². The number of aryl methyl sites for hydroxylation is 1. The molecule has 0 spiro atoms. The molecule has 1 atom stereocenters. The Labute approximate surface area is 170 Å². The normalized spacial score (nSPS) is 18.6. The molecule has 4 aromatic heterocycles. The quantitative estimate of drug-likeness (QED) is 0.518. The molecule has 1 aliphatic carbocycles. The van der Waals surface area contributed by atoms with E-state index in [1.54, 1.807) is 22.3 Å². The fraction of sp³-hybridized carbons (Fsp3) is 0.368. The molecule has 29 heavy (non-hydrogen) atoms. The van der Waals surface area contributed by atoms with Crippen molar-refractivity contribution in [3.05, 3.63) is 52.6 Å². The molecule has 0 aromatic carbocycles. The van der Waals surface area contributed by atoms with Crippen molar-refractivity contribution < 1.29 is 4.79 Å². The van der Waals surface area contributed by atoms with Gasteiger partial charge in [0.1, 0.15) is 11.3 Å². The summed E-state index contributed by atoms with van der Waals surface area (Å²) in [7, 11) is 0. The lowest BCUT2D eigenvalue weighted by Gasteiger charge is -2.24. The van der Waals surface area contributed by atoms with Crippen LogP contribution in [0.3, 0.4) is 0 Å². The second-order valence-electron chi connectivity index (χ2n) is 7.44. The first-order valence-corrected chi connectivity index (χ1v) is 10.6. The largest absolute Gasteiger partial charge is 0.328 e. The van der Waals surface area contributed by atoms with Crippen molar-refractivity contribution in [3.8, 4) is 5.00 Å². The number of amides is 1. The Balaban J connectivity index is 1.44. The summed E-state index contributed by atoms with van der Waals surface area (Å²) < 4.78 is 3.60. The van der Waals surface area contributed by atoms with Crippen molar-refractivity contribution in [2.45, 2.75) is 38.1 Å². The second kappa shape index (κ2) is 6.45. The number of rotatable bonds is 3. The highest BCUT2D eigenvalue weighted by atomic mass is 32.1. The lowest BCUT2D eigenvalue weighted by molar-refractivity contribution is 0.0728. The Hall–Kier alpha value is -3.14. The van der Waals surface area contributed by atoms with Crippen LogP contribution in [0.2, 0.25) is 0 Å². The summed E-state index contributed by atoms with van der Waals surface area (Å²) in [6.07, 6.45) is 8.39. The van der Waals surface area contributed by atoms with Gasteiger partial charge in [-0.05, 0) is 60.2 Å². The summed E-state index contributed by atoms with van der Waals surface area (Å²) in [6, 6.07) is 5.75. The van der Waals surface area contributed by atoms with Gasteiger partial charge < -0.3 is 4.90 Å². The molecule has 4 aromatic rings. The summed E-state index contributed by atoms with van der Waals surface area (Å²) in [5.41, 5.74) is 2.73. The predicted molar refractivity (Wildman–Crippen MR) is 105 cm³/mol. The summed E-state index contributed by atoms with van der Waals surface area (Å²) in [4.78, 5) is 17.1. The smallest absolute Gasteiger partial charge is 0.257 e. The number of hydrogen-bond donors (Lipinski definition) is 0. The minimum atomic E-state index is -0.0847. The van der Waals surface area contributed by atoms with Gasteiger partial charge in [-0.1, -0.05) is 6.07 Å². The molecule has 1 fully saturated rings. The third-order valence-corrected chi connectivity index (χ3v) is 7.11. The highest BCUT2D eigenvalue weighted by molar-refractivity contribution is 7.15. The Bertz CT molecular complexity index is 1210. The van der Waals surface area contributed by atoms with Crippen LogP contribution in [0, 0.1) is 0 Å². The van der Waals surface area contributed by atoms with E-state index >= 15 is 0 Å². The van der Waals surface area contributed by atoms with Crippen LogP contribution in [0.25, 0.3) is 10.6 Å². The first kappa shape index (κ1) is 16.8. The molecule has 146 valence electrons. The van der Waals surface area contributed by atoms with E-state index in [2.05, 4.69) is 25.7 Å². The molecule has 1 amide bonds. The Kier molecular flexibility index (Phi) is 3.73. The van der Waals surface area contributed by atoms with Gasteiger partial charge in [-0.2, -0.15) is 4.68 Å². The topological polar surface area (TPSA) is 94.1 Å². The van der Waals surface area contributed by atoms with Gasteiger partial charge in [-0.15, -0.1) is 26.6 Å². The number of thiophene rings is 1. The lowest BCUT2D eigenvalue weighted by atomic mass is 10.1. The first-order chi connectivity index (χ1) is 14.3. The van der Waals surface area contributed by atoms with Crippen LogP contribution in [0.4, 0.5) is 0 Å². The van der Waals surface area contributed by atoms with Crippen molar-refractivity contribution >= 4 is 22.9 Å². The molecule has 0 radical (unpaired) electrons. The summed E-state index contributed by atoms with van der Waals surface area (Å²) in [5, 5.41) is 21.1. The van der Waals surface area contributed by atoms with E-state index in [9.17, 15) is 4.79 Å². The van der Waals surface area contributed by atoms with Gasteiger partial charge in [0.05, 0.1) is 11.6 Å². The molecular weight excluding hydrogens is 388 g/mol. The van der Waals surface area contributed by atoms with Crippen LogP contribution >= 0.6 is 11.3 Å². The van der Waals surface area contributed by atoms with Crippen LogP contribution in [0.1, 0.15) is 51.9 Å². The number of nitrogens with zero attached hydrogens (tertiary/aromatic N) is 8. The predicted octanol–water partition coefficient (Wildman–Crippen LogP) is 2.23. The van der Waals surface area contributed by atoms with Crippen molar-refractivity contribution in [3.63, 3.8) is 0 Å². The number of tetrazole rings is 1. The van der Waals surface area contributed by atoms with Gasteiger partial charge in [0.25, 0.3) is 5.91 Å². The van der Waals surface area contributed by atoms with E-state index in [1.165, 1.54) is 10.4 Å². The molecule has 6 rings (SSSR count). The Morgan fingerprint density at radius 2 is 2.14 bits per heavy atom. The van der Waals surface area contributed by atoms with Crippen molar-refractivity contribution in [2.24, 2.45) is 0 Å². The number of pyridine rings is 1. The zero-order valence-electron chi connectivity index (χ0n) is 15.6. The summed E-state index contributed by atoms with van der Waals surface area (Å²) in [6.45, 7) is 0.713. The number of aromatic nitrogens is 7. The van der Waals surface area contributed by atoms with Crippen LogP contribution in [-0.2, 0) is 12.8 Å². The van der Waals surface area contributed by atoms with Crippen LogP contribution in [0.5, 0.6) is 0 Å². The highest BCUT2D eigenvalue weighted by Crippen LogP contribution is 2.40. The fourth-order valence-electron chi connectivity index (χ4n) is 4.54. The van der Waals surface area contributed by atoms with Gasteiger partial charge >= 0.3 is 0 Å². The minimum Gasteiger partial charge on any atom is -0.328 e. The maximum absolute atomic E-state index is 13.8. The van der Waals surface area contributed by atoms with Gasteiger partial charge in [0, 0.05) is 17.6 Å². The summed E-state index contributed by atoms with van der Waals surface area (Å²) >= 11 is 1.63. The van der Waals surface area contributed by atoms with Gasteiger partial charge in [-0.25, -0.2) is 0 Å². The maximum Gasteiger partial charge on any atom is 0.257 e. The van der Waals surface area contributed by atoms with Crippen LogP contribution < -0.4 is 0 Å². The minimum absolute atomic E-state index is 0.0464. The van der Waals surface area contributed by atoms with Gasteiger partial charge in [0.2, 0.25) is 0 Å². The third kappa shape index (κ3) is 2.52. The first-order valence-electron chi connectivity index (χ1n) is 9.80. The molecular formula is C19H18N8OS. The van der Waals surface area contributed by atoms with E-state index in [4.69, 9.17) is 0 Å². The number of carbonyl (C=O) groups is 1. The van der Waals surface area contributed by atoms with E-state index in [-0.39, 0.29) is 11.9 Å². The number of likely N-dealkylation sites (tertiary alicyclic amines) is 1. The average Bonchev–Trinajstić information content (AvgIpc) is 3.55. The molecule has 1 unspecified atom stereocenters. The fourth-order valence-corrected chi connectivity index (χ4v) is 5.83. The van der Waals surface area contributed by atoms with Crippen molar-refractivity contribution in [1.29, 1.82) is 0 Å². The zero-order valence-corrected chi connectivity index (χ0v) is 16.4. The molecule has 9 nitrogen and oxygen atoms in total. The van der Waals surface area contributed by atoms with E-state index < -0.39 is 0 Å². The second-order valence-corrected chi connectivity index (χ2v) is 8.52. The monoisotopic (exact) mass is 406 g/mol. The number of hydrogen-bond acceptors (Lipinski definition) is 7. The molecule has 10 heteroatoms.